The zero-order valence-electron chi connectivity index (χ0n) is 13.7. The molecule has 0 N–H and O–H groups in total. The molecule has 0 saturated carbocycles. The molecule has 0 aliphatic carbocycles. The monoisotopic (exact) mass is 404 g/mol. The van der Waals surface area contributed by atoms with Gasteiger partial charge >= 0.3 is 0 Å². The van der Waals surface area contributed by atoms with Gasteiger partial charge in [0.05, 0.1) is 5.02 Å². The highest BCUT2D eigenvalue weighted by molar-refractivity contribution is 6.35. The van der Waals surface area contributed by atoms with Gasteiger partial charge in [-0.15, -0.1) is 0 Å². The summed E-state index contributed by atoms with van der Waals surface area (Å²) in [5.41, 5.74) is 0.638. The van der Waals surface area contributed by atoms with Crippen molar-refractivity contribution in [2.75, 3.05) is 0 Å². The van der Waals surface area contributed by atoms with Crippen LogP contribution in [0.4, 0.5) is 4.39 Å². The Kier molecular flexibility index (Phi) is 4.83. The van der Waals surface area contributed by atoms with Crippen molar-refractivity contribution in [3.63, 3.8) is 0 Å². The lowest BCUT2D eigenvalue weighted by Gasteiger charge is -2.06. The molecule has 5 nitrogen and oxygen atoms in total. The average molecular weight is 405 g/mol. The van der Waals surface area contributed by atoms with E-state index in [4.69, 9.17) is 36.9 Å². The molecular formula is C19H11Cl2FN2O3. The first-order chi connectivity index (χ1) is 13.1. The Morgan fingerprint density at radius 2 is 1.81 bits per heavy atom. The van der Waals surface area contributed by atoms with Crippen molar-refractivity contribution < 1.29 is 18.1 Å². The Morgan fingerprint density at radius 1 is 1.00 bits per heavy atom. The number of ether oxygens (including phenoxy) is 1. The van der Waals surface area contributed by atoms with E-state index >= 15 is 0 Å². The Bertz CT molecular complexity index is 1080. The summed E-state index contributed by atoms with van der Waals surface area (Å²) >= 11 is 11.9. The van der Waals surface area contributed by atoms with Crippen molar-refractivity contribution in [3.05, 3.63) is 76.2 Å². The van der Waals surface area contributed by atoms with E-state index in [9.17, 15) is 4.39 Å². The number of halogens is 3. The van der Waals surface area contributed by atoms with Crippen LogP contribution in [-0.2, 0) is 6.61 Å². The van der Waals surface area contributed by atoms with Gasteiger partial charge in [-0.05, 0) is 54.6 Å². The fraction of sp³-hybridized carbons (Fsp3) is 0.0526. The van der Waals surface area contributed by atoms with Gasteiger partial charge in [0.1, 0.15) is 23.9 Å². The molecule has 4 aromatic rings. The third kappa shape index (κ3) is 3.97. The van der Waals surface area contributed by atoms with E-state index in [1.807, 2.05) is 0 Å². The van der Waals surface area contributed by atoms with Crippen LogP contribution in [0.2, 0.25) is 10.0 Å². The van der Waals surface area contributed by atoms with E-state index < -0.39 is 0 Å². The maximum atomic E-state index is 13.0. The van der Waals surface area contributed by atoms with Gasteiger partial charge in [-0.25, -0.2) is 4.39 Å². The summed E-state index contributed by atoms with van der Waals surface area (Å²) in [5, 5.41) is 4.83. The standard InChI is InChI=1S/C19H11Cl2FN2O3/c20-12-3-7-16(15(21)9-12)25-10-14-6-8-17(26-14)19-23-18(24-27-19)11-1-4-13(22)5-2-11/h1-9H,10H2. The molecule has 4 rings (SSSR count). The molecule has 0 aliphatic rings. The van der Waals surface area contributed by atoms with Gasteiger partial charge in [-0.3, -0.25) is 0 Å². The van der Waals surface area contributed by atoms with Crippen LogP contribution >= 0.6 is 23.2 Å². The highest BCUT2D eigenvalue weighted by Crippen LogP contribution is 2.29. The molecule has 8 heteroatoms. The molecule has 0 bridgehead atoms. The lowest BCUT2D eigenvalue weighted by Crippen LogP contribution is -1.94. The van der Waals surface area contributed by atoms with Crippen LogP contribution in [0, 0.1) is 5.82 Å². The molecular weight excluding hydrogens is 394 g/mol. The number of nitrogens with zero attached hydrogens (tertiary/aromatic N) is 2. The van der Waals surface area contributed by atoms with Crippen LogP contribution in [-0.4, -0.2) is 10.1 Å². The first-order valence-corrected chi connectivity index (χ1v) is 8.61. The first kappa shape index (κ1) is 17.6. The molecule has 0 fully saturated rings. The molecule has 0 spiro atoms. The summed E-state index contributed by atoms with van der Waals surface area (Å²) < 4.78 is 29.5. The largest absolute Gasteiger partial charge is 0.484 e. The minimum absolute atomic E-state index is 0.167. The molecule has 2 aromatic carbocycles. The first-order valence-electron chi connectivity index (χ1n) is 7.85. The topological polar surface area (TPSA) is 61.3 Å². The van der Waals surface area contributed by atoms with Crippen molar-refractivity contribution >= 4 is 23.2 Å². The molecule has 0 radical (unpaired) electrons. The maximum Gasteiger partial charge on any atom is 0.293 e. The van der Waals surface area contributed by atoms with Gasteiger partial charge in [0.25, 0.3) is 5.89 Å². The number of benzene rings is 2. The SMILES string of the molecule is Fc1ccc(-c2noc(-c3ccc(COc4ccc(Cl)cc4Cl)o3)n2)cc1. The van der Waals surface area contributed by atoms with Gasteiger partial charge in [-0.2, -0.15) is 4.98 Å². The van der Waals surface area contributed by atoms with Gasteiger partial charge in [0, 0.05) is 10.6 Å². The molecule has 0 amide bonds. The maximum absolute atomic E-state index is 13.0. The predicted octanol–water partition coefficient (Wildman–Crippen LogP) is 6.02. The molecule has 0 saturated heterocycles. The van der Waals surface area contributed by atoms with Crippen molar-refractivity contribution in [1.29, 1.82) is 0 Å². The fourth-order valence-electron chi connectivity index (χ4n) is 2.35. The number of furan rings is 1. The predicted molar refractivity (Wildman–Crippen MR) is 98.2 cm³/mol. The van der Waals surface area contributed by atoms with Crippen LogP contribution in [0.1, 0.15) is 5.76 Å². The van der Waals surface area contributed by atoms with Crippen LogP contribution in [0.3, 0.4) is 0 Å². The second-order valence-corrected chi connectivity index (χ2v) is 6.40. The van der Waals surface area contributed by atoms with Gasteiger partial charge in [0.15, 0.2) is 5.76 Å². The molecule has 0 aliphatic heterocycles. The highest BCUT2D eigenvalue weighted by atomic mass is 35.5. The number of aromatic nitrogens is 2. The minimum atomic E-state index is -0.334. The molecule has 2 heterocycles. The van der Waals surface area contributed by atoms with Gasteiger partial charge in [0.2, 0.25) is 5.82 Å². The van der Waals surface area contributed by atoms with Crippen LogP contribution in [0.25, 0.3) is 23.0 Å². The number of hydrogen-bond acceptors (Lipinski definition) is 5. The van der Waals surface area contributed by atoms with E-state index in [0.29, 0.717) is 38.7 Å². The highest BCUT2D eigenvalue weighted by Gasteiger charge is 2.15. The van der Waals surface area contributed by atoms with E-state index in [-0.39, 0.29) is 18.3 Å². The molecule has 0 atom stereocenters. The zero-order valence-corrected chi connectivity index (χ0v) is 15.2. The minimum Gasteiger partial charge on any atom is -0.484 e. The molecule has 2 aromatic heterocycles. The molecule has 27 heavy (non-hydrogen) atoms. The normalized spacial score (nSPS) is 10.9. The summed E-state index contributed by atoms with van der Waals surface area (Å²) in [7, 11) is 0. The van der Waals surface area contributed by atoms with Crippen LogP contribution in [0.15, 0.2) is 63.5 Å². The van der Waals surface area contributed by atoms with Crippen molar-refractivity contribution in [2.24, 2.45) is 0 Å². The second-order valence-electron chi connectivity index (χ2n) is 5.56. The van der Waals surface area contributed by atoms with Crippen molar-refractivity contribution in [3.8, 4) is 28.8 Å². The van der Waals surface area contributed by atoms with Crippen LogP contribution in [0.5, 0.6) is 5.75 Å². The third-order valence-corrected chi connectivity index (χ3v) is 4.20. The Morgan fingerprint density at radius 3 is 2.59 bits per heavy atom. The van der Waals surface area contributed by atoms with E-state index in [1.54, 1.807) is 42.5 Å². The molecule has 136 valence electrons. The number of hydrogen-bond donors (Lipinski definition) is 0. The number of rotatable bonds is 5. The van der Waals surface area contributed by atoms with Gasteiger partial charge in [-0.1, -0.05) is 28.4 Å². The summed E-state index contributed by atoms with van der Waals surface area (Å²) in [6.45, 7) is 0.167. The molecule has 0 unspecified atom stereocenters. The summed E-state index contributed by atoms with van der Waals surface area (Å²) in [4.78, 5) is 4.27. The Hall–Kier alpha value is -2.83. The van der Waals surface area contributed by atoms with Crippen molar-refractivity contribution in [2.45, 2.75) is 6.61 Å². The van der Waals surface area contributed by atoms with E-state index in [2.05, 4.69) is 10.1 Å². The van der Waals surface area contributed by atoms with Crippen LogP contribution < -0.4 is 4.74 Å². The summed E-state index contributed by atoms with van der Waals surface area (Å²) in [5.74, 6) is 1.67. The summed E-state index contributed by atoms with van der Waals surface area (Å²) in [6.07, 6.45) is 0. The van der Waals surface area contributed by atoms with E-state index in [1.165, 1.54) is 12.1 Å². The Balaban J connectivity index is 1.47. The fourth-order valence-corrected chi connectivity index (χ4v) is 2.81. The van der Waals surface area contributed by atoms with Gasteiger partial charge < -0.3 is 13.7 Å². The average Bonchev–Trinajstić information content (AvgIpc) is 3.31. The quantitative estimate of drug-likeness (QED) is 0.406. The summed E-state index contributed by atoms with van der Waals surface area (Å²) in [6, 6.07) is 14.2. The Labute approximate surface area is 163 Å². The smallest absolute Gasteiger partial charge is 0.293 e. The van der Waals surface area contributed by atoms with E-state index in [0.717, 1.165) is 0 Å². The lowest BCUT2D eigenvalue weighted by molar-refractivity contribution is 0.270. The lowest BCUT2D eigenvalue weighted by atomic mass is 10.2. The third-order valence-electron chi connectivity index (χ3n) is 3.66. The second kappa shape index (κ2) is 7.42. The van der Waals surface area contributed by atoms with Crippen molar-refractivity contribution in [1.82, 2.24) is 10.1 Å². The zero-order chi connectivity index (χ0) is 18.8.